The molecule has 2 heterocycles. The van der Waals surface area contributed by atoms with E-state index in [1.54, 1.807) is 12.3 Å². The van der Waals surface area contributed by atoms with Crippen LogP contribution in [-0.4, -0.2) is 11.5 Å². The van der Waals surface area contributed by atoms with Gasteiger partial charge in [-0.3, -0.25) is 0 Å². The van der Waals surface area contributed by atoms with Gasteiger partial charge in [-0.25, -0.2) is 4.98 Å². The van der Waals surface area contributed by atoms with Crippen LogP contribution in [0.5, 0.6) is 0 Å². The number of hydrogen-bond donors (Lipinski definition) is 1. The second-order valence-electron chi connectivity index (χ2n) is 5.30. The summed E-state index contributed by atoms with van der Waals surface area (Å²) in [5.74, 6) is 1.28. The number of benzene rings is 1. The lowest BCUT2D eigenvalue weighted by Gasteiger charge is -2.34. The quantitative estimate of drug-likeness (QED) is 0.860. The van der Waals surface area contributed by atoms with Gasteiger partial charge in [-0.05, 0) is 30.0 Å². The van der Waals surface area contributed by atoms with Crippen LogP contribution in [0.3, 0.4) is 0 Å². The Labute approximate surface area is 118 Å². The molecule has 2 N–H and O–H groups in total. The van der Waals surface area contributed by atoms with Crippen molar-refractivity contribution >= 4 is 17.2 Å². The van der Waals surface area contributed by atoms with Gasteiger partial charge in [-0.1, -0.05) is 25.1 Å². The second kappa shape index (κ2) is 4.86. The molecule has 0 saturated heterocycles. The molecule has 0 spiro atoms. The third kappa shape index (κ3) is 2.08. The van der Waals surface area contributed by atoms with Gasteiger partial charge in [0.1, 0.15) is 6.07 Å². The Balaban J connectivity index is 2.09. The van der Waals surface area contributed by atoms with Crippen LogP contribution in [0, 0.1) is 17.2 Å². The first-order valence-electron chi connectivity index (χ1n) is 6.70. The van der Waals surface area contributed by atoms with Crippen molar-refractivity contribution in [3.63, 3.8) is 0 Å². The molecule has 0 saturated carbocycles. The van der Waals surface area contributed by atoms with E-state index in [1.807, 2.05) is 6.07 Å². The smallest absolute Gasteiger partial charge is 0.156 e. The number of fused-ring (bicyclic) bond motifs is 1. The summed E-state index contributed by atoms with van der Waals surface area (Å²) in [4.78, 5) is 6.54. The molecule has 1 aliphatic heterocycles. The van der Waals surface area contributed by atoms with Gasteiger partial charge >= 0.3 is 0 Å². The molecule has 20 heavy (non-hydrogen) atoms. The molecule has 100 valence electrons. The number of nitrogens with two attached hydrogens (primary N) is 1. The average molecular weight is 264 g/mol. The van der Waals surface area contributed by atoms with Gasteiger partial charge in [-0.2, -0.15) is 5.26 Å². The first-order chi connectivity index (χ1) is 9.69. The van der Waals surface area contributed by atoms with Crippen LogP contribution in [0.4, 0.5) is 17.2 Å². The molecule has 0 bridgehead atoms. The predicted molar refractivity (Wildman–Crippen MR) is 79.7 cm³/mol. The molecule has 4 nitrogen and oxygen atoms in total. The normalized spacial score (nSPS) is 17.4. The molecule has 1 aromatic carbocycles. The molecular formula is C16H16N4. The maximum atomic E-state index is 8.90. The van der Waals surface area contributed by atoms with Gasteiger partial charge in [0.25, 0.3) is 0 Å². The van der Waals surface area contributed by atoms with E-state index in [2.05, 4.69) is 41.1 Å². The summed E-state index contributed by atoms with van der Waals surface area (Å²) >= 11 is 0. The lowest BCUT2D eigenvalue weighted by Crippen LogP contribution is -2.31. The van der Waals surface area contributed by atoms with Crippen LogP contribution >= 0.6 is 0 Å². The highest BCUT2D eigenvalue weighted by atomic mass is 15.2. The third-order valence-corrected chi connectivity index (χ3v) is 3.62. The van der Waals surface area contributed by atoms with Crippen LogP contribution < -0.4 is 10.6 Å². The van der Waals surface area contributed by atoms with Gasteiger partial charge in [-0.15, -0.1) is 0 Å². The number of nitrogens with zero attached hydrogens (tertiary/aromatic N) is 3. The van der Waals surface area contributed by atoms with Crippen molar-refractivity contribution < 1.29 is 0 Å². The minimum absolute atomic E-state index is 0.490. The van der Waals surface area contributed by atoms with Crippen molar-refractivity contribution in [1.82, 2.24) is 4.98 Å². The van der Waals surface area contributed by atoms with E-state index in [9.17, 15) is 0 Å². The summed E-state index contributed by atoms with van der Waals surface area (Å²) in [5, 5.41) is 8.90. The molecule has 0 amide bonds. The number of para-hydroxylation sites is 1. The van der Waals surface area contributed by atoms with Crippen molar-refractivity contribution in [2.45, 2.75) is 13.3 Å². The molecular weight excluding hydrogens is 248 g/mol. The molecule has 0 radical (unpaired) electrons. The lowest BCUT2D eigenvalue weighted by molar-refractivity contribution is 0.560. The monoisotopic (exact) mass is 264 g/mol. The summed E-state index contributed by atoms with van der Waals surface area (Å²) in [6, 6.07) is 12.1. The summed E-state index contributed by atoms with van der Waals surface area (Å²) in [5.41, 5.74) is 9.59. The maximum absolute atomic E-state index is 8.90. The first-order valence-corrected chi connectivity index (χ1v) is 6.70. The van der Waals surface area contributed by atoms with E-state index < -0.39 is 0 Å². The fourth-order valence-electron chi connectivity index (χ4n) is 2.76. The largest absolute Gasteiger partial charge is 0.396 e. The predicted octanol–water partition coefficient (Wildman–Crippen LogP) is 2.87. The van der Waals surface area contributed by atoms with Crippen LogP contribution in [0.25, 0.3) is 0 Å². The van der Waals surface area contributed by atoms with Crippen molar-refractivity contribution in [1.29, 1.82) is 5.26 Å². The topological polar surface area (TPSA) is 65.9 Å². The number of hydrogen-bond acceptors (Lipinski definition) is 4. The van der Waals surface area contributed by atoms with Crippen molar-refractivity contribution in [3.8, 4) is 6.07 Å². The zero-order chi connectivity index (χ0) is 14.1. The fourth-order valence-corrected chi connectivity index (χ4v) is 2.76. The average Bonchev–Trinajstić information content (AvgIpc) is 2.46. The molecule has 1 atom stereocenters. The van der Waals surface area contributed by atoms with Gasteiger partial charge in [0, 0.05) is 18.4 Å². The van der Waals surface area contributed by atoms with E-state index in [0.29, 0.717) is 17.2 Å². The van der Waals surface area contributed by atoms with Gasteiger partial charge in [0.05, 0.1) is 11.3 Å². The number of nitriles is 1. The SMILES string of the molecule is CC1Cc2ccccc2N(c2ncc(C#N)cc2N)C1. The summed E-state index contributed by atoms with van der Waals surface area (Å²) in [6.07, 6.45) is 2.65. The van der Waals surface area contributed by atoms with E-state index >= 15 is 0 Å². The van der Waals surface area contributed by atoms with E-state index in [4.69, 9.17) is 11.0 Å². The Morgan fingerprint density at radius 3 is 2.95 bits per heavy atom. The Hall–Kier alpha value is -2.54. The Morgan fingerprint density at radius 2 is 2.20 bits per heavy atom. The first kappa shape index (κ1) is 12.5. The van der Waals surface area contributed by atoms with Gasteiger partial charge in [0.2, 0.25) is 0 Å². The number of anilines is 3. The number of pyridine rings is 1. The van der Waals surface area contributed by atoms with Crippen molar-refractivity contribution in [2.75, 3.05) is 17.2 Å². The Kier molecular flexibility index (Phi) is 3.03. The standard InChI is InChI=1S/C16H16N4/c1-11-6-13-4-2-3-5-15(13)20(10-11)16-14(18)7-12(8-17)9-19-16/h2-5,7,9,11H,6,10,18H2,1H3. The maximum Gasteiger partial charge on any atom is 0.156 e. The highest BCUT2D eigenvalue weighted by molar-refractivity contribution is 5.74. The van der Waals surface area contributed by atoms with Crippen LogP contribution in [0.2, 0.25) is 0 Å². The second-order valence-corrected chi connectivity index (χ2v) is 5.30. The molecule has 0 aliphatic carbocycles. The van der Waals surface area contributed by atoms with E-state index in [0.717, 1.165) is 24.5 Å². The van der Waals surface area contributed by atoms with Gasteiger partial charge < -0.3 is 10.6 Å². The number of nitrogen functional groups attached to an aromatic ring is 1. The number of rotatable bonds is 1. The highest BCUT2D eigenvalue weighted by Gasteiger charge is 2.24. The fraction of sp³-hybridized carbons (Fsp3) is 0.250. The van der Waals surface area contributed by atoms with Crippen LogP contribution in [0.15, 0.2) is 36.5 Å². The molecule has 4 heteroatoms. The molecule has 1 aromatic heterocycles. The number of aromatic nitrogens is 1. The summed E-state index contributed by atoms with van der Waals surface area (Å²) in [7, 11) is 0. The summed E-state index contributed by atoms with van der Waals surface area (Å²) < 4.78 is 0. The van der Waals surface area contributed by atoms with Crippen LogP contribution in [0.1, 0.15) is 18.1 Å². The van der Waals surface area contributed by atoms with E-state index in [1.165, 1.54) is 5.56 Å². The summed E-state index contributed by atoms with van der Waals surface area (Å²) in [6.45, 7) is 3.11. The minimum atomic E-state index is 0.490. The van der Waals surface area contributed by atoms with Crippen molar-refractivity contribution in [2.24, 2.45) is 5.92 Å². The van der Waals surface area contributed by atoms with E-state index in [-0.39, 0.29) is 0 Å². The van der Waals surface area contributed by atoms with Gasteiger partial charge in [0.15, 0.2) is 5.82 Å². The molecule has 2 aromatic rings. The Bertz CT molecular complexity index is 687. The zero-order valence-electron chi connectivity index (χ0n) is 11.4. The van der Waals surface area contributed by atoms with Crippen LogP contribution in [-0.2, 0) is 6.42 Å². The molecule has 1 unspecified atom stereocenters. The minimum Gasteiger partial charge on any atom is -0.396 e. The van der Waals surface area contributed by atoms with Crippen molar-refractivity contribution in [3.05, 3.63) is 47.7 Å². The molecule has 3 rings (SSSR count). The lowest BCUT2D eigenvalue weighted by atomic mass is 9.94. The zero-order valence-corrected chi connectivity index (χ0v) is 11.4. The molecule has 0 fully saturated rings. The third-order valence-electron chi connectivity index (χ3n) is 3.62. The highest BCUT2D eigenvalue weighted by Crippen LogP contribution is 2.36. The Morgan fingerprint density at radius 1 is 1.40 bits per heavy atom. The molecule has 1 aliphatic rings.